The standard InChI is InChI=1S/C20H32O3/c1-3-4-5-6-7-8-9-10-11-12-13-14-17-22-20-16-15-19(23-20)18(2)21/h4-5,15-16H,3,6-14,17H2,1-2H3. The number of Topliss-reactive ketones (excluding diaryl/α,β-unsaturated/α-hetero) is 1. The maximum absolute atomic E-state index is 11.1. The fraction of sp³-hybridized carbons (Fsp3) is 0.650. The third-order valence-corrected chi connectivity index (χ3v) is 3.84. The van der Waals surface area contributed by atoms with Crippen LogP contribution in [-0.2, 0) is 0 Å². The van der Waals surface area contributed by atoms with Crippen molar-refractivity contribution in [3.63, 3.8) is 0 Å². The molecule has 1 aromatic rings. The molecular formula is C20H32O3. The van der Waals surface area contributed by atoms with Crippen molar-refractivity contribution in [3.05, 3.63) is 30.0 Å². The minimum absolute atomic E-state index is 0.0683. The summed E-state index contributed by atoms with van der Waals surface area (Å²) in [7, 11) is 0. The number of hydrogen-bond donors (Lipinski definition) is 0. The van der Waals surface area contributed by atoms with E-state index in [2.05, 4.69) is 19.1 Å². The molecule has 0 aliphatic rings. The minimum Gasteiger partial charge on any atom is -0.465 e. The van der Waals surface area contributed by atoms with E-state index in [0.29, 0.717) is 18.3 Å². The number of unbranched alkanes of at least 4 members (excludes halogenated alkanes) is 8. The van der Waals surface area contributed by atoms with Crippen molar-refractivity contribution in [1.82, 2.24) is 0 Å². The fourth-order valence-electron chi connectivity index (χ4n) is 2.47. The number of allylic oxidation sites excluding steroid dienone is 2. The van der Waals surface area contributed by atoms with E-state index in [9.17, 15) is 4.79 Å². The lowest BCUT2D eigenvalue weighted by molar-refractivity contribution is 0.0978. The molecule has 0 aromatic carbocycles. The first-order chi connectivity index (χ1) is 11.2. The fourth-order valence-corrected chi connectivity index (χ4v) is 2.47. The lowest BCUT2D eigenvalue weighted by atomic mass is 10.1. The van der Waals surface area contributed by atoms with E-state index >= 15 is 0 Å². The van der Waals surface area contributed by atoms with Crippen LogP contribution in [0.25, 0.3) is 0 Å². The van der Waals surface area contributed by atoms with Crippen molar-refractivity contribution in [2.45, 2.75) is 78.1 Å². The van der Waals surface area contributed by atoms with Crippen LogP contribution in [-0.4, -0.2) is 12.4 Å². The normalized spacial score (nSPS) is 11.2. The first-order valence-electron chi connectivity index (χ1n) is 9.12. The highest BCUT2D eigenvalue weighted by atomic mass is 16.6. The van der Waals surface area contributed by atoms with Crippen LogP contribution in [0, 0.1) is 0 Å². The van der Waals surface area contributed by atoms with Crippen LogP contribution in [0.3, 0.4) is 0 Å². The van der Waals surface area contributed by atoms with E-state index in [1.165, 1.54) is 58.3 Å². The Morgan fingerprint density at radius 1 is 1.00 bits per heavy atom. The van der Waals surface area contributed by atoms with E-state index in [0.717, 1.165) is 12.8 Å². The van der Waals surface area contributed by atoms with Crippen LogP contribution < -0.4 is 4.74 Å². The summed E-state index contributed by atoms with van der Waals surface area (Å²) in [4.78, 5) is 11.1. The number of carbonyl (C=O) groups excluding carboxylic acids is 1. The molecule has 0 aliphatic carbocycles. The topological polar surface area (TPSA) is 39.4 Å². The molecule has 1 rings (SSSR count). The van der Waals surface area contributed by atoms with Gasteiger partial charge in [-0.25, -0.2) is 0 Å². The van der Waals surface area contributed by atoms with Crippen LogP contribution in [0.4, 0.5) is 0 Å². The van der Waals surface area contributed by atoms with Gasteiger partial charge in [0.2, 0.25) is 0 Å². The van der Waals surface area contributed by atoms with E-state index in [-0.39, 0.29) is 5.78 Å². The van der Waals surface area contributed by atoms with E-state index in [1.54, 1.807) is 12.1 Å². The molecule has 0 amide bonds. The highest BCUT2D eigenvalue weighted by Crippen LogP contribution is 2.17. The van der Waals surface area contributed by atoms with Gasteiger partial charge in [-0.05, 0) is 31.7 Å². The highest BCUT2D eigenvalue weighted by Gasteiger charge is 2.06. The van der Waals surface area contributed by atoms with Crippen molar-refractivity contribution < 1.29 is 13.9 Å². The van der Waals surface area contributed by atoms with Crippen molar-refractivity contribution in [2.75, 3.05) is 6.61 Å². The molecule has 1 heterocycles. The lowest BCUT2D eigenvalue weighted by Gasteiger charge is -2.03. The number of carbonyl (C=O) groups is 1. The van der Waals surface area contributed by atoms with Crippen LogP contribution in [0.5, 0.6) is 5.95 Å². The molecule has 130 valence electrons. The predicted molar refractivity (Wildman–Crippen MR) is 95.2 cm³/mol. The summed E-state index contributed by atoms with van der Waals surface area (Å²) in [5.74, 6) is 0.749. The molecule has 0 saturated heterocycles. The van der Waals surface area contributed by atoms with E-state index in [4.69, 9.17) is 9.15 Å². The third-order valence-electron chi connectivity index (χ3n) is 3.84. The zero-order chi connectivity index (χ0) is 16.8. The lowest BCUT2D eigenvalue weighted by Crippen LogP contribution is -1.96. The van der Waals surface area contributed by atoms with Gasteiger partial charge in [0.1, 0.15) is 0 Å². The molecule has 1 aromatic heterocycles. The van der Waals surface area contributed by atoms with Crippen molar-refractivity contribution in [3.8, 4) is 5.95 Å². The van der Waals surface area contributed by atoms with Gasteiger partial charge in [-0.3, -0.25) is 4.79 Å². The molecule has 0 fully saturated rings. The van der Waals surface area contributed by atoms with Gasteiger partial charge < -0.3 is 9.15 Å². The molecule has 0 N–H and O–H groups in total. The minimum atomic E-state index is -0.0683. The number of ether oxygens (including phenoxy) is 1. The Hall–Kier alpha value is -1.51. The summed E-state index contributed by atoms with van der Waals surface area (Å²) < 4.78 is 10.8. The van der Waals surface area contributed by atoms with Crippen molar-refractivity contribution >= 4 is 5.78 Å². The zero-order valence-corrected chi connectivity index (χ0v) is 14.8. The predicted octanol–water partition coefficient (Wildman–Crippen LogP) is 6.34. The van der Waals surface area contributed by atoms with Crippen molar-refractivity contribution in [1.29, 1.82) is 0 Å². The van der Waals surface area contributed by atoms with Gasteiger partial charge in [-0.1, -0.05) is 57.6 Å². The first-order valence-corrected chi connectivity index (χ1v) is 9.12. The molecule has 0 spiro atoms. The van der Waals surface area contributed by atoms with Gasteiger partial charge in [0.25, 0.3) is 5.95 Å². The monoisotopic (exact) mass is 320 g/mol. The average molecular weight is 320 g/mol. The second-order valence-corrected chi connectivity index (χ2v) is 6.02. The molecule has 23 heavy (non-hydrogen) atoms. The molecule has 3 heteroatoms. The number of ketones is 1. The smallest absolute Gasteiger partial charge is 0.284 e. The Morgan fingerprint density at radius 2 is 1.65 bits per heavy atom. The highest BCUT2D eigenvalue weighted by molar-refractivity contribution is 5.91. The number of rotatable bonds is 14. The Labute approximate surface area is 141 Å². The van der Waals surface area contributed by atoms with Crippen LogP contribution in [0.1, 0.15) is 88.6 Å². The summed E-state index contributed by atoms with van der Waals surface area (Å²) in [5.41, 5.74) is 0. The number of furan rings is 1. The van der Waals surface area contributed by atoms with Gasteiger partial charge in [0.15, 0.2) is 11.5 Å². The van der Waals surface area contributed by atoms with E-state index in [1.807, 2.05) is 0 Å². The Balaban J connectivity index is 1.86. The molecular weight excluding hydrogens is 288 g/mol. The average Bonchev–Trinajstić information content (AvgIpc) is 3.01. The molecule has 0 bridgehead atoms. The largest absolute Gasteiger partial charge is 0.465 e. The number of hydrogen-bond acceptors (Lipinski definition) is 3. The maximum Gasteiger partial charge on any atom is 0.284 e. The summed E-state index contributed by atoms with van der Waals surface area (Å²) in [5, 5.41) is 0. The van der Waals surface area contributed by atoms with Gasteiger partial charge in [-0.15, -0.1) is 0 Å². The van der Waals surface area contributed by atoms with Crippen LogP contribution >= 0.6 is 0 Å². The second kappa shape index (κ2) is 13.0. The Kier molecular flexibility index (Phi) is 11.0. The van der Waals surface area contributed by atoms with Crippen LogP contribution in [0.2, 0.25) is 0 Å². The summed E-state index contributed by atoms with van der Waals surface area (Å²) in [6, 6.07) is 3.38. The van der Waals surface area contributed by atoms with Gasteiger partial charge in [-0.2, -0.15) is 0 Å². The summed E-state index contributed by atoms with van der Waals surface area (Å²) >= 11 is 0. The Bertz CT molecular complexity index is 445. The molecule has 3 nitrogen and oxygen atoms in total. The van der Waals surface area contributed by atoms with Crippen molar-refractivity contribution in [2.24, 2.45) is 0 Å². The van der Waals surface area contributed by atoms with Crippen LogP contribution in [0.15, 0.2) is 28.7 Å². The van der Waals surface area contributed by atoms with Gasteiger partial charge in [0, 0.05) is 13.0 Å². The molecule has 0 radical (unpaired) electrons. The molecule has 0 unspecified atom stereocenters. The van der Waals surface area contributed by atoms with E-state index < -0.39 is 0 Å². The van der Waals surface area contributed by atoms with Gasteiger partial charge in [0.05, 0.1) is 6.61 Å². The molecule has 0 atom stereocenters. The first kappa shape index (κ1) is 19.5. The summed E-state index contributed by atoms with van der Waals surface area (Å²) in [6.07, 6.45) is 17.2. The Morgan fingerprint density at radius 3 is 2.26 bits per heavy atom. The molecule has 0 saturated carbocycles. The third kappa shape index (κ3) is 9.98. The molecule has 0 aliphatic heterocycles. The maximum atomic E-state index is 11.1. The second-order valence-electron chi connectivity index (χ2n) is 6.02. The SMILES string of the molecule is CCC=CCCCCCCCCCCOc1ccc(C(C)=O)o1. The zero-order valence-electron chi connectivity index (χ0n) is 14.8. The summed E-state index contributed by atoms with van der Waals surface area (Å²) in [6.45, 7) is 4.33. The van der Waals surface area contributed by atoms with Gasteiger partial charge >= 0.3 is 0 Å². The quantitative estimate of drug-likeness (QED) is 0.228.